The van der Waals surface area contributed by atoms with E-state index in [-0.39, 0.29) is 6.23 Å². The van der Waals surface area contributed by atoms with E-state index in [0.717, 1.165) is 29.6 Å². The fourth-order valence-electron chi connectivity index (χ4n) is 3.50. The first kappa shape index (κ1) is 21.5. The summed E-state index contributed by atoms with van der Waals surface area (Å²) in [5.41, 5.74) is 4.18. The van der Waals surface area contributed by atoms with Gasteiger partial charge in [-0.3, -0.25) is 4.48 Å². The van der Waals surface area contributed by atoms with E-state index in [1.807, 2.05) is 0 Å². The van der Waals surface area contributed by atoms with Gasteiger partial charge in [0.1, 0.15) is 12.3 Å². The standard InChI is InChI=1S/C25H38NO/c1-19(2)16-23-14-11-15-25(24(23)17-20(3)4)27-21(5)26(6,7)18-22-12-9-8-10-13-22/h8-15,19-21H,16-18H2,1-7H3/q+1. The fraction of sp³-hybridized carbons (Fsp3) is 0.520. The Balaban J connectivity index is 2.23. The van der Waals surface area contributed by atoms with E-state index >= 15 is 0 Å². The summed E-state index contributed by atoms with van der Waals surface area (Å²) in [6.07, 6.45) is 2.25. The van der Waals surface area contributed by atoms with E-state index in [4.69, 9.17) is 4.74 Å². The molecule has 2 nitrogen and oxygen atoms in total. The second-order valence-electron chi connectivity index (χ2n) is 9.23. The Bertz CT molecular complexity index is 704. The van der Waals surface area contributed by atoms with Crippen LogP contribution in [0.3, 0.4) is 0 Å². The van der Waals surface area contributed by atoms with Gasteiger partial charge in [-0.15, -0.1) is 0 Å². The second-order valence-corrected chi connectivity index (χ2v) is 9.23. The third-order valence-corrected chi connectivity index (χ3v) is 5.19. The molecule has 2 aromatic rings. The summed E-state index contributed by atoms with van der Waals surface area (Å²) in [5, 5.41) is 0. The van der Waals surface area contributed by atoms with Crippen LogP contribution in [0, 0.1) is 11.8 Å². The highest BCUT2D eigenvalue weighted by Gasteiger charge is 2.27. The minimum Gasteiger partial charge on any atom is -0.443 e. The third-order valence-electron chi connectivity index (χ3n) is 5.19. The predicted octanol–water partition coefficient (Wildman–Crippen LogP) is 6.09. The molecule has 1 atom stereocenters. The predicted molar refractivity (Wildman–Crippen MR) is 116 cm³/mol. The van der Waals surface area contributed by atoms with Crippen LogP contribution in [0.2, 0.25) is 0 Å². The highest BCUT2D eigenvalue weighted by molar-refractivity contribution is 5.41. The molecular formula is C25H38NO+. The Hall–Kier alpha value is -1.80. The lowest BCUT2D eigenvalue weighted by Gasteiger charge is -2.36. The van der Waals surface area contributed by atoms with Crippen LogP contribution in [0.4, 0.5) is 0 Å². The van der Waals surface area contributed by atoms with Gasteiger partial charge in [0.05, 0.1) is 14.1 Å². The summed E-state index contributed by atoms with van der Waals surface area (Å²) >= 11 is 0. The number of nitrogens with zero attached hydrogens (tertiary/aromatic N) is 1. The monoisotopic (exact) mass is 368 g/mol. The molecule has 2 heteroatoms. The number of quaternary nitrogens is 1. The van der Waals surface area contributed by atoms with Crippen LogP contribution >= 0.6 is 0 Å². The van der Waals surface area contributed by atoms with Crippen LogP contribution < -0.4 is 4.74 Å². The number of ether oxygens (including phenoxy) is 1. The number of benzene rings is 2. The van der Waals surface area contributed by atoms with E-state index in [1.165, 1.54) is 16.7 Å². The topological polar surface area (TPSA) is 9.23 Å². The lowest BCUT2D eigenvalue weighted by Crippen LogP contribution is -2.49. The zero-order valence-electron chi connectivity index (χ0n) is 18.3. The molecule has 0 N–H and O–H groups in total. The molecule has 1 unspecified atom stereocenters. The molecule has 0 heterocycles. The number of rotatable bonds is 9. The average molecular weight is 369 g/mol. The van der Waals surface area contributed by atoms with Crippen molar-refractivity contribution >= 4 is 0 Å². The maximum Gasteiger partial charge on any atom is 0.230 e. The molecular weight excluding hydrogens is 330 g/mol. The molecule has 0 amide bonds. The lowest BCUT2D eigenvalue weighted by atomic mass is 9.92. The van der Waals surface area contributed by atoms with Crippen LogP contribution in [0.5, 0.6) is 5.75 Å². The highest BCUT2D eigenvalue weighted by Crippen LogP contribution is 2.29. The highest BCUT2D eigenvalue weighted by atomic mass is 16.5. The van der Waals surface area contributed by atoms with Crippen LogP contribution in [-0.2, 0) is 19.4 Å². The SMILES string of the molecule is CC(C)Cc1cccc(OC(C)[N+](C)(C)Cc2ccccc2)c1CC(C)C. The van der Waals surface area contributed by atoms with Gasteiger partial charge in [0.15, 0.2) is 0 Å². The summed E-state index contributed by atoms with van der Waals surface area (Å²) < 4.78 is 7.37. The summed E-state index contributed by atoms with van der Waals surface area (Å²) in [6.45, 7) is 12.3. The van der Waals surface area contributed by atoms with E-state index in [9.17, 15) is 0 Å². The van der Waals surface area contributed by atoms with Crippen molar-refractivity contribution < 1.29 is 9.22 Å². The van der Waals surface area contributed by atoms with Crippen LogP contribution in [0.15, 0.2) is 48.5 Å². The zero-order chi connectivity index (χ0) is 20.0. The molecule has 0 radical (unpaired) electrons. The summed E-state index contributed by atoms with van der Waals surface area (Å²) in [4.78, 5) is 0. The van der Waals surface area contributed by atoms with Crippen molar-refractivity contribution in [2.45, 2.75) is 60.2 Å². The van der Waals surface area contributed by atoms with Crippen molar-refractivity contribution in [3.05, 3.63) is 65.2 Å². The Labute approximate surface area is 166 Å². The lowest BCUT2D eigenvalue weighted by molar-refractivity contribution is -0.943. The van der Waals surface area contributed by atoms with E-state index in [2.05, 4.69) is 97.2 Å². The molecule has 0 saturated carbocycles. The van der Waals surface area contributed by atoms with Gasteiger partial charge in [0.2, 0.25) is 6.23 Å². The maximum atomic E-state index is 6.58. The summed E-state index contributed by atoms with van der Waals surface area (Å²) in [6, 6.07) is 17.3. The molecule has 0 bridgehead atoms. The normalized spacial score (nSPS) is 13.2. The van der Waals surface area contributed by atoms with E-state index in [1.54, 1.807) is 0 Å². The molecule has 0 spiro atoms. The Kier molecular flexibility index (Phi) is 7.49. The van der Waals surface area contributed by atoms with Gasteiger partial charge in [0.25, 0.3) is 0 Å². The Morgan fingerprint density at radius 2 is 1.41 bits per heavy atom. The molecule has 0 fully saturated rings. The third kappa shape index (κ3) is 6.39. The van der Waals surface area contributed by atoms with Gasteiger partial charge in [-0.2, -0.15) is 0 Å². The van der Waals surface area contributed by atoms with Gasteiger partial charge in [-0.05, 0) is 41.9 Å². The Morgan fingerprint density at radius 3 is 2.00 bits per heavy atom. The first-order chi connectivity index (χ1) is 12.7. The van der Waals surface area contributed by atoms with Gasteiger partial charge >= 0.3 is 0 Å². The second kappa shape index (κ2) is 9.41. The molecule has 2 aromatic carbocycles. The van der Waals surface area contributed by atoms with Crippen molar-refractivity contribution in [1.29, 1.82) is 0 Å². The molecule has 148 valence electrons. The molecule has 0 aliphatic rings. The first-order valence-corrected chi connectivity index (χ1v) is 10.3. The van der Waals surface area contributed by atoms with E-state index in [0.29, 0.717) is 11.8 Å². The quantitative estimate of drug-likeness (QED) is 0.385. The largest absolute Gasteiger partial charge is 0.443 e. The van der Waals surface area contributed by atoms with Crippen LogP contribution in [-0.4, -0.2) is 24.8 Å². The van der Waals surface area contributed by atoms with Crippen LogP contribution in [0.1, 0.15) is 51.3 Å². The summed E-state index contributed by atoms with van der Waals surface area (Å²) in [5.74, 6) is 2.32. The average Bonchev–Trinajstić information content (AvgIpc) is 2.57. The number of hydrogen-bond donors (Lipinski definition) is 0. The van der Waals surface area contributed by atoms with Gasteiger partial charge in [-0.1, -0.05) is 70.2 Å². The van der Waals surface area contributed by atoms with Crippen molar-refractivity contribution in [3.63, 3.8) is 0 Å². The van der Waals surface area contributed by atoms with E-state index < -0.39 is 0 Å². The minimum absolute atomic E-state index is 0.0745. The van der Waals surface area contributed by atoms with Crippen molar-refractivity contribution in [1.82, 2.24) is 0 Å². The molecule has 0 aliphatic heterocycles. The van der Waals surface area contributed by atoms with Crippen molar-refractivity contribution in [3.8, 4) is 5.75 Å². The zero-order valence-corrected chi connectivity index (χ0v) is 18.3. The molecule has 0 aromatic heterocycles. The smallest absolute Gasteiger partial charge is 0.230 e. The van der Waals surface area contributed by atoms with Crippen molar-refractivity contribution in [2.75, 3.05) is 14.1 Å². The number of hydrogen-bond acceptors (Lipinski definition) is 1. The minimum atomic E-state index is 0.0745. The first-order valence-electron chi connectivity index (χ1n) is 10.3. The maximum absolute atomic E-state index is 6.58. The van der Waals surface area contributed by atoms with Gasteiger partial charge < -0.3 is 4.74 Å². The van der Waals surface area contributed by atoms with Gasteiger partial charge in [-0.25, -0.2) is 0 Å². The molecule has 0 aliphatic carbocycles. The fourth-order valence-corrected chi connectivity index (χ4v) is 3.50. The van der Waals surface area contributed by atoms with Crippen LogP contribution in [0.25, 0.3) is 0 Å². The van der Waals surface area contributed by atoms with Gasteiger partial charge in [0, 0.05) is 12.5 Å². The molecule has 27 heavy (non-hydrogen) atoms. The molecule has 0 saturated heterocycles. The molecule has 2 rings (SSSR count). The Morgan fingerprint density at radius 1 is 0.778 bits per heavy atom. The summed E-state index contributed by atoms with van der Waals surface area (Å²) in [7, 11) is 4.50. The van der Waals surface area contributed by atoms with Crippen molar-refractivity contribution in [2.24, 2.45) is 11.8 Å².